The van der Waals surface area contributed by atoms with Gasteiger partial charge in [0, 0.05) is 0 Å². The monoisotopic (exact) mass is 234 g/mol. The van der Waals surface area contributed by atoms with Crippen molar-refractivity contribution in [2.24, 2.45) is 0 Å². The van der Waals surface area contributed by atoms with Crippen molar-refractivity contribution in [2.75, 3.05) is 0 Å². The topological polar surface area (TPSA) is 40.5 Å². The second-order valence-electron chi connectivity index (χ2n) is 5.71. The van der Waals surface area contributed by atoms with Crippen LogP contribution in [-0.2, 0) is 0 Å². The molecule has 0 amide bonds. The van der Waals surface area contributed by atoms with Crippen molar-refractivity contribution in [3.8, 4) is 0 Å². The van der Waals surface area contributed by atoms with E-state index in [2.05, 4.69) is 0 Å². The van der Waals surface area contributed by atoms with Crippen molar-refractivity contribution in [2.45, 2.75) is 76.8 Å². The van der Waals surface area contributed by atoms with Crippen molar-refractivity contribution in [1.29, 1.82) is 0 Å². The fourth-order valence-corrected chi connectivity index (χ4v) is 7.35. The van der Waals surface area contributed by atoms with Gasteiger partial charge in [-0.05, 0) is 0 Å². The van der Waals surface area contributed by atoms with Gasteiger partial charge in [0.05, 0.1) is 0 Å². The zero-order chi connectivity index (χ0) is 11.7. The molecular formula is C12H27O2P. The Kier molecular flexibility index (Phi) is 3.86. The Hall–Kier alpha value is 0.350. The molecule has 0 spiro atoms. The molecule has 0 aliphatic heterocycles. The Morgan fingerprint density at radius 1 is 0.867 bits per heavy atom. The first-order valence-electron chi connectivity index (χ1n) is 6.30. The summed E-state index contributed by atoms with van der Waals surface area (Å²) in [6.07, 6.45) is 5.63. The predicted octanol–water partition coefficient (Wildman–Crippen LogP) is 3.50. The average molecular weight is 234 g/mol. The summed E-state index contributed by atoms with van der Waals surface area (Å²) < 4.78 is 0. The van der Waals surface area contributed by atoms with Crippen LogP contribution in [0.3, 0.4) is 0 Å². The van der Waals surface area contributed by atoms with E-state index < -0.39 is 7.06 Å². The standard InChI is InChI=1S/C12H27O2P/c1-10(2)15(13,14,11(3)4)12-8-6-5-7-9-12/h10-14H,5-9H2,1-4H3. The molecule has 0 aromatic carbocycles. The van der Waals surface area contributed by atoms with Gasteiger partial charge in [-0.3, -0.25) is 0 Å². The van der Waals surface area contributed by atoms with Crippen LogP contribution in [0.4, 0.5) is 0 Å². The molecule has 0 aromatic rings. The maximum absolute atomic E-state index is 10.9. The molecule has 1 saturated carbocycles. The molecule has 0 saturated heterocycles. The van der Waals surface area contributed by atoms with Crippen LogP contribution >= 0.6 is 7.06 Å². The minimum atomic E-state index is -3.48. The zero-order valence-electron chi connectivity index (χ0n) is 10.6. The second-order valence-corrected chi connectivity index (χ2v) is 11.0. The zero-order valence-corrected chi connectivity index (χ0v) is 11.5. The third-order valence-electron chi connectivity index (χ3n) is 4.44. The molecule has 0 radical (unpaired) electrons. The van der Waals surface area contributed by atoms with E-state index in [4.69, 9.17) is 0 Å². The van der Waals surface area contributed by atoms with E-state index in [0.29, 0.717) is 0 Å². The van der Waals surface area contributed by atoms with Crippen LogP contribution in [0, 0.1) is 0 Å². The van der Waals surface area contributed by atoms with Gasteiger partial charge in [0.1, 0.15) is 0 Å². The number of rotatable bonds is 3. The van der Waals surface area contributed by atoms with Gasteiger partial charge in [0.25, 0.3) is 0 Å². The molecule has 2 nitrogen and oxygen atoms in total. The Bertz CT molecular complexity index is 206. The predicted molar refractivity (Wildman–Crippen MR) is 68.5 cm³/mol. The Balaban J connectivity index is 2.99. The van der Waals surface area contributed by atoms with Gasteiger partial charge in [-0.25, -0.2) is 0 Å². The molecule has 15 heavy (non-hydrogen) atoms. The number of hydrogen-bond acceptors (Lipinski definition) is 2. The van der Waals surface area contributed by atoms with Crippen molar-refractivity contribution >= 4 is 7.06 Å². The Labute approximate surface area is 94.2 Å². The molecule has 0 bridgehead atoms. The molecule has 1 aliphatic carbocycles. The van der Waals surface area contributed by atoms with E-state index in [0.717, 1.165) is 12.8 Å². The molecule has 2 N–H and O–H groups in total. The average Bonchev–Trinajstić information content (AvgIpc) is 2.19. The van der Waals surface area contributed by atoms with E-state index in [1.165, 1.54) is 19.3 Å². The minimum absolute atomic E-state index is 0.0131. The summed E-state index contributed by atoms with van der Waals surface area (Å²) in [5, 5.41) is 0. The fourth-order valence-electron chi connectivity index (χ4n) is 3.05. The molecule has 1 aliphatic rings. The van der Waals surface area contributed by atoms with Crippen LogP contribution < -0.4 is 0 Å². The molecule has 0 heterocycles. The summed E-state index contributed by atoms with van der Waals surface area (Å²) in [5.74, 6) is 0. The van der Waals surface area contributed by atoms with Crippen LogP contribution in [-0.4, -0.2) is 26.8 Å². The van der Waals surface area contributed by atoms with Crippen molar-refractivity contribution in [3.05, 3.63) is 0 Å². The summed E-state index contributed by atoms with van der Waals surface area (Å²) in [4.78, 5) is 21.9. The van der Waals surface area contributed by atoms with Crippen LogP contribution in [0.2, 0.25) is 0 Å². The van der Waals surface area contributed by atoms with Gasteiger partial charge in [-0.15, -0.1) is 0 Å². The third-order valence-corrected chi connectivity index (χ3v) is 10.7. The Morgan fingerprint density at radius 3 is 1.60 bits per heavy atom. The summed E-state index contributed by atoms with van der Waals surface area (Å²) in [5.41, 5.74) is 0.197. The summed E-state index contributed by atoms with van der Waals surface area (Å²) in [6, 6.07) is 0. The molecule has 1 rings (SSSR count). The fraction of sp³-hybridized carbons (Fsp3) is 1.00. The van der Waals surface area contributed by atoms with E-state index >= 15 is 0 Å². The molecule has 0 atom stereocenters. The molecule has 1 fully saturated rings. The molecular weight excluding hydrogens is 207 g/mol. The molecule has 0 unspecified atom stereocenters. The van der Waals surface area contributed by atoms with E-state index in [1.807, 2.05) is 27.7 Å². The summed E-state index contributed by atoms with van der Waals surface area (Å²) >= 11 is 0. The van der Waals surface area contributed by atoms with E-state index in [1.54, 1.807) is 0 Å². The maximum atomic E-state index is 10.9. The van der Waals surface area contributed by atoms with Gasteiger partial charge in [-0.1, -0.05) is 0 Å². The molecule has 92 valence electrons. The van der Waals surface area contributed by atoms with Crippen LogP contribution in [0.5, 0.6) is 0 Å². The third kappa shape index (κ3) is 2.09. The van der Waals surface area contributed by atoms with Crippen molar-refractivity contribution in [3.63, 3.8) is 0 Å². The SMILES string of the molecule is CC(C)P(O)(O)(C(C)C)C1CCCCC1. The van der Waals surface area contributed by atoms with Crippen LogP contribution in [0.1, 0.15) is 59.8 Å². The van der Waals surface area contributed by atoms with Crippen molar-refractivity contribution in [1.82, 2.24) is 0 Å². The molecule has 0 aromatic heterocycles. The quantitative estimate of drug-likeness (QED) is 0.734. The normalized spacial score (nSPS) is 23.1. The van der Waals surface area contributed by atoms with Gasteiger partial charge >= 0.3 is 93.6 Å². The van der Waals surface area contributed by atoms with Crippen LogP contribution in [0.15, 0.2) is 0 Å². The number of hydrogen-bond donors (Lipinski definition) is 2. The van der Waals surface area contributed by atoms with E-state index in [-0.39, 0.29) is 17.0 Å². The van der Waals surface area contributed by atoms with Gasteiger partial charge < -0.3 is 0 Å². The summed E-state index contributed by atoms with van der Waals surface area (Å²) in [6.45, 7) is 7.91. The van der Waals surface area contributed by atoms with Gasteiger partial charge in [0.15, 0.2) is 0 Å². The summed E-state index contributed by atoms with van der Waals surface area (Å²) in [7, 11) is -3.48. The first kappa shape index (κ1) is 13.4. The van der Waals surface area contributed by atoms with E-state index in [9.17, 15) is 9.79 Å². The second kappa shape index (κ2) is 4.31. The van der Waals surface area contributed by atoms with Crippen LogP contribution in [0.25, 0.3) is 0 Å². The molecule has 3 heteroatoms. The first-order valence-corrected chi connectivity index (χ1v) is 8.65. The Morgan fingerprint density at radius 2 is 1.27 bits per heavy atom. The van der Waals surface area contributed by atoms with Crippen molar-refractivity contribution < 1.29 is 9.79 Å². The van der Waals surface area contributed by atoms with Gasteiger partial charge in [-0.2, -0.15) is 0 Å². The van der Waals surface area contributed by atoms with Gasteiger partial charge in [0.2, 0.25) is 0 Å². The first-order chi connectivity index (χ1) is 6.79.